The van der Waals surface area contributed by atoms with E-state index in [9.17, 15) is 23.1 Å². The van der Waals surface area contributed by atoms with Gasteiger partial charge in [-0.25, -0.2) is 0 Å². The summed E-state index contributed by atoms with van der Waals surface area (Å²) in [5.74, 6) is -0.494. The smallest absolute Gasteiger partial charge is 0.405 e. The molecule has 2 rings (SSSR count). The second kappa shape index (κ2) is 5.38. The summed E-state index contributed by atoms with van der Waals surface area (Å²) in [6.45, 7) is -0.473. The number of H-pyrrole nitrogens is 1. The summed E-state index contributed by atoms with van der Waals surface area (Å²) in [7, 11) is 0. The van der Waals surface area contributed by atoms with Gasteiger partial charge in [0.05, 0.1) is 12.2 Å². The number of alkyl halides is 3. The first-order valence-corrected chi connectivity index (χ1v) is 5.59. The lowest BCUT2D eigenvalue weighted by molar-refractivity contribution is -0.274. The summed E-state index contributed by atoms with van der Waals surface area (Å²) in [5, 5.41) is 9.21. The van der Waals surface area contributed by atoms with Gasteiger partial charge in [0, 0.05) is 11.8 Å². The van der Waals surface area contributed by atoms with E-state index in [2.05, 4.69) is 9.72 Å². The molecule has 0 aliphatic carbocycles. The van der Waals surface area contributed by atoms with E-state index in [1.807, 2.05) is 0 Å². The molecule has 0 aliphatic rings. The molecule has 7 heteroatoms. The van der Waals surface area contributed by atoms with Crippen molar-refractivity contribution in [3.8, 4) is 16.9 Å². The highest BCUT2D eigenvalue weighted by atomic mass is 19.4. The van der Waals surface area contributed by atoms with Crippen LogP contribution in [0.2, 0.25) is 0 Å². The molecule has 0 saturated carbocycles. The molecule has 106 valence electrons. The average molecular weight is 285 g/mol. The first-order chi connectivity index (χ1) is 9.42. The number of rotatable bonds is 3. The summed E-state index contributed by atoms with van der Waals surface area (Å²) in [6.07, 6.45) is -3.55. The zero-order chi connectivity index (χ0) is 14.8. The number of pyridine rings is 1. The average Bonchev–Trinajstić information content (AvgIpc) is 2.37. The Bertz CT molecular complexity index is 664. The molecular formula is C13H10F3NO3. The maximum Gasteiger partial charge on any atom is 0.573 e. The van der Waals surface area contributed by atoms with Crippen molar-refractivity contribution < 1.29 is 23.0 Å². The highest BCUT2D eigenvalue weighted by Gasteiger charge is 2.32. The SMILES string of the molecule is O=c1[nH]ccc(CO)c1-c1ccccc1OC(F)(F)F. The lowest BCUT2D eigenvalue weighted by atomic mass is 10.0. The summed E-state index contributed by atoms with van der Waals surface area (Å²) >= 11 is 0. The van der Waals surface area contributed by atoms with Crippen LogP contribution in [0.3, 0.4) is 0 Å². The monoisotopic (exact) mass is 285 g/mol. The van der Waals surface area contributed by atoms with Gasteiger partial charge in [-0.2, -0.15) is 0 Å². The van der Waals surface area contributed by atoms with Crippen molar-refractivity contribution in [2.75, 3.05) is 0 Å². The number of hydrogen-bond donors (Lipinski definition) is 2. The first kappa shape index (κ1) is 14.1. The summed E-state index contributed by atoms with van der Waals surface area (Å²) in [4.78, 5) is 14.2. The van der Waals surface area contributed by atoms with Gasteiger partial charge in [-0.1, -0.05) is 18.2 Å². The van der Waals surface area contributed by atoms with Gasteiger partial charge >= 0.3 is 6.36 Å². The maximum absolute atomic E-state index is 12.4. The van der Waals surface area contributed by atoms with E-state index in [0.29, 0.717) is 0 Å². The molecule has 0 saturated heterocycles. The topological polar surface area (TPSA) is 62.3 Å². The predicted molar refractivity (Wildman–Crippen MR) is 65.1 cm³/mol. The first-order valence-electron chi connectivity index (χ1n) is 5.59. The quantitative estimate of drug-likeness (QED) is 0.910. The molecule has 0 radical (unpaired) electrons. The minimum atomic E-state index is -4.86. The molecule has 0 aliphatic heterocycles. The lowest BCUT2D eigenvalue weighted by Gasteiger charge is -2.14. The maximum atomic E-state index is 12.4. The van der Waals surface area contributed by atoms with E-state index in [-0.39, 0.29) is 16.7 Å². The normalized spacial score (nSPS) is 11.4. The number of aliphatic hydroxyl groups is 1. The van der Waals surface area contributed by atoms with E-state index in [1.54, 1.807) is 0 Å². The number of nitrogens with one attached hydrogen (secondary N) is 1. The fourth-order valence-electron chi connectivity index (χ4n) is 1.83. The Balaban J connectivity index is 2.62. The van der Waals surface area contributed by atoms with Crippen LogP contribution in [-0.4, -0.2) is 16.5 Å². The largest absolute Gasteiger partial charge is 0.573 e. The number of hydrogen-bond acceptors (Lipinski definition) is 3. The summed E-state index contributed by atoms with van der Waals surface area (Å²) in [5.41, 5.74) is -0.465. The summed E-state index contributed by atoms with van der Waals surface area (Å²) < 4.78 is 41.0. The number of ether oxygens (including phenoxy) is 1. The number of aliphatic hydroxyl groups excluding tert-OH is 1. The van der Waals surface area contributed by atoms with Crippen LogP contribution in [0.1, 0.15) is 5.56 Å². The molecule has 1 aromatic heterocycles. The van der Waals surface area contributed by atoms with Crippen LogP contribution in [0.15, 0.2) is 41.3 Å². The molecule has 2 N–H and O–H groups in total. The van der Waals surface area contributed by atoms with E-state index < -0.39 is 24.3 Å². The van der Waals surface area contributed by atoms with Crippen LogP contribution in [-0.2, 0) is 6.61 Å². The number of aromatic nitrogens is 1. The van der Waals surface area contributed by atoms with E-state index >= 15 is 0 Å². The molecule has 20 heavy (non-hydrogen) atoms. The zero-order valence-electron chi connectivity index (χ0n) is 10.1. The standard InChI is InChI=1S/C13H10F3NO3/c14-13(15,16)20-10-4-2-1-3-9(10)11-8(7-18)5-6-17-12(11)19/h1-6,18H,7H2,(H,17,19). The number of para-hydroxylation sites is 1. The number of aromatic amines is 1. The minimum absolute atomic E-state index is 0.0317. The second-order valence-electron chi connectivity index (χ2n) is 3.91. The summed E-state index contributed by atoms with van der Waals surface area (Å²) in [6, 6.07) is 6.69. The molecule has 0 fully saturated rings. The van der Waals surface area contributed by atoms with E-state index in [4.69, 9.17) is 0 Å². The Kier molecular flexibility index (Phi) is 3.80. The van der Waals surface area contributed by atoms with Crippen molar-refractivity contribution in [3.63, 3.8) is 0 Å². The van der Waals surface area contributed by atoms with Gasteiger partial charge in [0.2, 0.25) is 0 Å². The van der Waals surface area contributed by atoms with Crippen LogP contribution in [0.5, 0.6) is 5.75 Å². The van der Waals surface area contributed by atoms with Crippen LogP contribution >= 0.6 is 0 Å². The Morgan fingerprint density at radius 3 is 2.55 bits per heavy atom. The number of benzene rings is 1. The van der Waals surface area contributed by atoms with Crippen LogP contribution in [0.4, 0.5) is 13.2 Å². The minimum Gasteiger partial charge on any atom is -0.405 e. The molecule has 2 aromatic rings. The molecule has 1 heterocycles. The van der Waals surface area contributed by atoms with Crippen molar-refractivity contribution in [2.24, 2.45) is 0 Å². The van der Waals surface area contributed by atoms with Gasteiger partial charge in [0.15, 0.2) is 0 Å². The van der Waals surface area contributed by atoms with E-state index in [0.717, 1.165) is 6.07 Å². The Labute approximate surface area is 111 Å². The Morgan fingerprint density at radius 1 is 1.20 bits per heavy atom. The second-order valence-corrected chi connectivity index (χ2v) is 3.91. The highest BCUT2D eigenvalue weighted by molar-refractivity contribution is 5.72. The predicted octanol–water partition coefficient (Wildman–Crippen LogP) is 2.43. The highest BCUT2D eigenvalue weighted by Crippen LogP contribution is 2.33. The van der Waals surface area contributed by atoms with Gasteiger partial charge < -0.3 is 14.8 Å². The van der Waals surface area contributed by atoms with Crippen LogP contribution in [0, 0.1) is 0 Å². The van der Waals surface area contributed by atoms with Crippen molar-refractivity contribution >= 4 is 0 Å². The van der Waals surface area contributed by atoms with Crippen LogP contribution in [0.25, 0.3) is 11.1 Å². The zero-order valence-corrected chi connectivity index (χ0v) is 10.1. The van der Waals surface area contributed by atoms with Gasteiger partial charge in [0.25, 0.3) is 5.56 Å². The van der Waals surface area contributed by atoms with Gasteiger partial charge in [0.1, 0.15) is 5.75 Å². The van der Waals surface area contributed by atoms with Crippen molar-refractivity contribution in [1.82, 2.24) is 4.98 Å². The van der Waals surface area contributed by atoms with Crippen molar-refractivity contribution in [2.45, 2.75) is 13.0 Å². The Morgan fingerprint density at radius 2 is 1.90 bits per heavy atom. The van der Waals surface area contributed by atoms with Gasteiger partial charge in [-0.05, 0) is 17.7 Å². The third kappa shape index (κ3) is 3.00. The molecule has 0 unspecified atom stereocenters. The molecule has 0 atom stereocenters. The Hall–Kier alpha value is -2.28. The van der Waals surface area contributed by atoms with Gasteiger partial charge in [-0.15, -0.1) is 13.2 Å². The van der Waals surface area contributed by atoms with Crippen molar-refractivity contribution in [3.05, 3.63) is 52.4 Å². The lowest BCUT2D eigenvalue weighted by Crippen LogP contribution is -2.19. The third-order valence-corrected chi connectivity index (χ3v) is 2.60. The van der Waals surface area contributed by atoms with E-state index in [1.165, 1.54) is 30.5 Å². The molecule has 0 amide bonds. The fourth-order valence-corrected chi connectivity index (χ4v) is 1.83. The van der Waals surface area contributed by atoms with Crippen molar-refractivity contribution in [1.29, 1.82) is 0 Å². The molecule has 0 spiro atoms. The van der Waals surface area contributed by atoms with Gasteiger partial charge in [-0.3, -0.25) is 4.79 Å². The number of halogens is 3. The fraction of sp³-hybridized carbons (Fsp3) is 0.154. The molecule has 0 bridgehead atoms. The molecule has 1 aromatic carbocycles. The van der Waals surface area contributed by atoms with Crippen LogP contribution < -0.4 is 10.3 Å². The molecular weight excluding hydrogens is 275 g/mol. The third-order valence-electron chi connectivity index (χ3n) is 2.60. The molecule has 4 nitrogen and oxygen atoms in total.